The zero-order valence-electron chi connectivity index (χ0n) is 7.79. The summed E-state index contributed by atoms with van der Waals surface area (Å²) < 4.78 is 0. The van der Waals surface area contributed by atoms with Crippen LogP contribution in [0.15, 0.2) is 18.2 Å². The number of aromatic carboxylic acids is 1. The number of carboxylic acids is 1. The van der Waals surface area contributed by atoms with Crippen molar-refractivity contribution in [3.8, 4) is 0 Å². The summed E-state index contributed by atoms with van der Waals surface area (Å²) in [5.41, 5.74) is 2.01. The van der Waals surface area contributed by atoms with Gasteiger partial charge in [-0.15, -0.1) is 0 Å². The molecule has 1 aromatic carbocycles. The first kappa shape index (κ1) is 9.58. The monoisotopic (exact) mass is 179 g/mol. The quantitative estimate of drug-likeness (QED) is 0.747. The first-order valence-electron chi connectivity index (χ1n) is 4.23. The zero-order chi connectivity index (χ0) is 9.84. The Morgan fingerprint density at radius 3 is 2.77 bits per heavy atom. The molecule has 70 valence electrons. The van der Waals surface area contributed by atoms with E-state index in [1.807, 2.05) is 19.9 Å². The number of hydrogen-bond acceptors (Lipinski definition) is 2. The molecule has 1 rings (SSSR count). The molecule has 0 saturated carbocycles. The molecular weight excluding hydrogens is 166 g/mol. The highest BCUT2D eigenvalue weighted by Gasteiger charge is 2.10. The van der Waals surface area contributed by atoms with Crippen molar-refractivity contribution >= 4 is 11.7 Å². The van der Waals surface area contributed by atoms with Crippen molar-refractivity contribution in [2.45, 2.75) is 13.8 Å². The number of benzene rings is 1. The highest BCUT2D eigenvalue weighted by atomic mass is 16.4. The van der Waals surface area contributed by atoms with Gasteiger partial charge in [-0.3, -0.25) is 0 Å². The van der Waals surface area contributed by atoms with Crippen LogP contribution in [0.1, 0.15) is 22.8 Å². The number of carbonyl (C=O) groups is 1. The lowest BCUT2D eigenvalue weighted by molar-refractivity contribution is 0.0698. The maximum Gasteiger partial charge on any atom is 0.337 e. The first-order chi connectivity index (χ1) is 6.16. The third-order valence-corrected chi connectivity index (χ3v) is 1.86. The summed E-state index contributed by atoms with van der Waals surface area (Å²) >= 11 is 0. The molecule has 0 unspecified atom stereocenters. The van der Waals surface area contributed by atoms with Gasteiger partial charge in [0, 0.05) is 6.54 Å². The number of rotatable bonds is 3. The van der Waals surface area contributed by atoms with Crippen LogP contribution in [-0.2, 0) is 0 Å². The fourth-order valence-electron chi connectivity index (χ4n) is 1.26. The molecule has 0 aliphatic heterocycles. The maximum atomic E-state index is 10.8. The largest absolute Gasteiger partial charge is 0.478 e. The molecule has 0 bridgehead atoms. The van der Waals surface area contributed by atoms with Gasteiger partial charge in [0.2, 0.25) is 0 Å². The van der Waals surface area contributed by atoms with Gasteiger partial charge in [0.1, 0.15) is 0 Å². The van der Waals surface area contributed by atoms with Crippen molar-refractivity contribution in [1.29, 1.82) is 0 Å². The SMILES string of the molecule is CCNc1c(C)cccc1C(=O)O. The Bertz CT molecular complexity index is 321. The lowest BCUT2D eigenvalue weighted by Crippen LogP contribution is -2.07. The van der Waals surface area contributed by atoms with E-state index in [0.717, 1.165) is 17.8 Å². The van der Waals surface area contributed by atoms with Crippen molar-refractivity contribution in [2.24, 2.45) is 0 Å². The van der Waals surface area contributed by atoms with Gasteiger partial charge in [-0.2, -0.15) is 0 Å². The molecule has 0 spiro atoms. The Morgan fingerprint density at radius 2 is 2.23 bits per heavy atom. The number of anilines is 1. The molecule has 0 aromatic heterocycles. The molecular formula is C10H13NO2. The van der Waals surface area contributed by atoms with Gasteiger partial charge in [0.15, 0.2) is 0 Å². The van der Waals surface area contributed by atoms with Gasteiger partial charge >= 0.3 is 5.97 Å². The summed E-state index contributed by atoms with van der Waals surface area (Å²) in [6, 6.07) is 5.25. The molecule has 0 fully saturated rings. The Hall–Kier alpha value is -1.51. The van der Waals surface area contributed by atoms with Crippen LogP contribution in [0.4, 0.5) is 5.69 Å². The molecule has 13 heavy (non-hydrogen) atoms. The van der Waals surface area contributed by atoms with Crippen LogP contribution >= 0.6 is 0 Å². The first-order valence-corrected chi connectivity index (χ1v) is 4.23. The fraction of sp³-hybridized carbons (Fsp3) is 0.300. The highest BCUT2D eigenvalue weighted by Crippen LogP contribution is 2.19. The Labute approximate surface area is 77.4 Å². The minimum Gasteiger partial charge on any atom is -0.478 e. The second kappa shape index (κ2) is 3.94. The molecule has 0 aliphatic rings. The van der Waals surface area contributed by atoms with E-state index in [2.05, 4.69) is 5.32 Å². The van der Waals surface area contributed by atoms with E-state index >= 15 is 0 Å². The summed E-state index contributed by atoms with van der Waals surface area (Å²) in [6.45, 7) is 4.56. The minimum absolute atomic E-state index is 0.335. The molecule has 0 saturated heterocycles. The van der Waals surface area contributed by atoms with E-state index in [-0.39, 0.29) is 0 Å². The number of nitrogens with one attached hydrogen (secondary N) is 1. The summed E-state index contributed by atoms with van der Waals surface area (Å²) in [5.74, 6) is -0.889. The molecule has 0 radical (unpaired) electrons. The topological polar surface area (TPSA) is 49.3 Å². The summed E-state index contributed by atoms with van der Waals surface area (Å²) in [4.78, 5) is 10.8. The van der Waals surface area contributed by atoms with Crippen molar-refractivity contribution in [3.05, 3.63) is 29.3 Å². The maximum absolute atomic E-state index is 10.8. The molecule has 1 aromatic rings. The Morgan fingerprint density at radius 1 is 1.54 bits per heavy atom. The Balaban J connectivity index is 3.17. The van der Waals surface area contributed by atoms with Gasteiger partial charge in [0.25, 0.3) is 0 Å². The lowest BCUT2D eigenvalue weighted by atomic mass is 10.1. The molecule has 2 N–H and O–H groups in total. The van der Waals surface area contributed by atoms with E-state index in [1.54, 1.807) is 12.1 Å². The third-order valence-electron chi connectivity index (χ3n) is 1.86. The normalized spacial score (nSPS) is 9.69. The smallest absolute Gasteiger partial charge is 0.337 e. The van der Waals surface area contributed by atoms with Crippen molar-refractivity contribution < 1.29 is 9.90 Å². The van der Waals surface area contributed by atoms with Crippen LogP contribution in [-0.4, -0.2) is 17.6 Å². The summed E-state index contributed by atoms with van der Waals surface area (Å²) in [6.07, 6.45) is 0. The van der Waals surface area contributed by atoms with Gasteiger partial charge < -0.3 is 10.4 Å². The lowest BCUT2D eigenvalue weighted by Gasteiger charge is -2.10. The number of carboxylic acid groups (broad SMARTS) is 1. The van der Waals surface area contributed by atoms with Crippen LogP contribution in [0.2, 0.25) is 0 Å². The third kappa shape index (κ3) is 1.99. The van der Waals surface area contributed by atoms with Crippen LogP contribution in [0.3, 0.4) is 0 Å². The van der Waals surface area contributed by atoms with Crippen LogP contribution in [0, 0.1) is 6.92 Å². The minimum atomic E-state index is -0.889. The molecule has 3 nitrogen and oxygen atoms in total. The highest BCUT2D eigenvalue weighted by molar-refractivity contribution is 5.95. The van der Waals surface area contributed by atoms with Crippen LogP contribution in [0.5, 0.6) is 0 Å². The van der Waals surface area contributed by atoms with E-state index in [1.165, 1.54) is 0 Å². The second-order valence-corrected chi connectivity index (χ2v) is 2.83. The van der Waals surface area contributed by atoms with Crippen molar-refractivity contribution in [3.63, 3.8) is 0 Å². The van der Waals surface area contributed by atoms with E-state index < -0.39 is 5.97 Å². The predicted octanol–water partition coefficient (Wildman–Crippen LogP) is 2.13. The van der Waals surface area contributed by atoms with Gasteiger partial charge in [0.05, 0.1) is 11.3 Å². The van der Waals surface area contributed by atoms with E-state index in [9.17, 15) is 4.79 Å². The van der Waals surface area contributed by atoms with Gasteiger partial charge in [-0.1, -0.05) is 12.1 Å². The molecule has 3 heteroatoms. The number of hydrogen-bond donors (Lipinski definition) is 2. The van der Waals surface area contributed by atoms with Crippen molar-refractivity contribution in [1.82, 2.24) is 0 Å². The number of aryl methyl sites for hydroxylation is 1. The Kier molecular flexibility index (Phi) is 2.90. The van der Waals surface area contributed by atoms with E-state index in [4.69, 9.17) is 5.11 Å². The fourth-order valence-corrected chi connectivity index (χ4v) is 1.26. The summed E-state index contributed by atoms with van der Waals surface area (Å²) in [7, 11) is 0. The second-order valence-electron chi connectivity index (χ2n) is 2.83. The molecule has 0 aliphatic carbocycles. The predicted molar refractivity (Wildman–Crippen MR) is 52.3 cm³/mol. The summed E-state index contributed by atoms with van der Waals surface area (Å²) in [5, 5.41) is 11.9. The zero-order valence-corrected chi connectivity index (χ0v) is 7.79. The van der Waals surface area contributed by atoms with Gasteiger partial charge in [-0.05, 0) is 25.5 Å². The standard InChI is InChI=1S/C10H13NO2/c1-3-11-9-7(2)5-4-6-8(9)10(12)13/h4-6,11H,3H2,1-2H3,(H,12,13). The van der Waals surface area contributed by atoms with E-state index in [0.29, 0.717) is 5.56 Å². The molecule has 0 atom stereocenters. The average Bonchev–Trinajstić information content (AvgIpc) is 2.08. The average molecular weight is 179 g/mol. The van der Waals surface area contributed by atoms with Crippen LogP contribution in [0.25, 0.3) is 0 Å². The van der Waals surface area contributed by atoms with Gasteiger partial charge in [-0.25, -0.2) is 4.79 Å². The van der Waals surface area contributed by atoms with Crippen LogP contribution < -0.4 is 5.32 Å². The molecule has 0 heterocycles. The number of para-hydroxylation sites is 1. The molecule has 0 amide bonds. The van der Waals surface area contributed by atoms with Crippen molar-refractivity contribution in [2.75, 3.05) is 11.9 Å².